The summed E-state index contributed by atoms with van der Waals surface area (Å²) in [6, 6.07) is 1.36. The SMILES string of the molecule is CC1COCCN1CC1NCC2CCCC21. The predicted molar refractivity (Wildman–Crippen MR) is 64.5 cm³/mol. The van der Waals surface area contributed by atoms with E-state index in [-0.39, 0.29) is 0 Å². The summed E-state index contributed by atoms with van der Waals surface area (Å²) in [4.78, 5) is 2.61. The molecule has 0 spiro atoms. The maximum atomic E-state index is 5.50. The molecule has 2 saturated heterocycles. The maximum absolute atomic E-state index is 5.50. The van der Waals surface area contributed by atoms with Crippen molar-refractivity contribution in [1.82, 2.24) is 10.2 Å². The third-order valence-electron chi connectivity index (χ3n) is 4.81. The number of hydrogen-bond donors (Lipinski definition) is 1. The van der Waals surface area contributed by atoms with Crippen LogP contribution in [0, 0.1) is 11.8 Å². The minimum absolute atomic E-state index is 0.607. The molecule has 0 aromatic heterocycles. The Hall–Kier alpha value is -0.120. The third kappa shape index (κ3) is 2.01. The summed E-state index contributed by atoms with van der Waals surface area (Å²) in [6.45, 7) is 7.77. The van der Waals surface area contributed by atoms with Crippen LogP contribution in [0.1, 0.15) is 26.2 Å². The topological polar surface area (TPSA) is 24.5 Å². The lowest BCUT2D eigenvalue weighted by atomic mass is 9.93. The molecule has 3 rings (SSSR count). The molecule has 4 atom stereocenters. The molecule has 1 N–H and O–H groups in total. The van der Waals surface area contributed by atoms with E-state index >= 15 is 0 Å². The summed E-state index contributed by atoms with van der Waals surface area (Å²) in [5, 5.41) is 3.74. The number of nitrogens with one attached hydrogen (secondary N) is 1. The molecular formula is C13H24N2O. The van der Waals surface area contributed by atoms with Gasteiger partial charge < -0.3 is 10.1 Å². The van der Waals surface area contributed by atoms with Gasteiger partial charge in [0.05, 0.1) is 13.2 Å². The molecule has 0 aromatic rings. The summed E-state index contributed by atoms with van der Waals surface area (Å²) < 4.78 is 5.50. The molecule has 1 saturated carbocycles. The zero-order chi connectivity index (χ0) is 11.0. The van der Waals surface area contributed by atoms with E-state index in [4.69, 9.17) is 4.74 Å². The molecule has 3 fully saturated rings. The van der Waals surface area contributed by atoms with Gasteiger partial charge in [-0.05, 0) is 38.1 Å². The van der Waals surface area contributed by atoms with Gasteiger partial charge in [-0.3, -0.25) is 4.90 Å². The fourth-order valence-corrected chi connectivity index (χ4v) is 3.79. The Morgan fingerprint density at radius 1 is 1.38 bits per heavy atom. The normalized spacial score (nSPS) is 44.8. The summed E-state index contributed by atoms with van der Waals surface area (Å²) in [7, 11) is 0. The highest BCUT2D eigenvalue weighted by molar-refractivity contribution is 4.96. The quantitative estimate of drug-likeness (QED) is 0.760. The fourth-order valence-electron chi connectivity index (χ4n) is 3.79. The van der Waals surface area contributed by atoms with Gasteiger partial charge in [0.1, 0.15) is 0 Å². The lowest BCUT2D eigenvalue weighted by molar-refractivity contribution is -0.00568. The molecule has 3 heteroatoms. The third-order valence-corrected chi connectivity index (χ3v) is 4.81. The summed E-state index contributed by atoms with van der Waals surface area (Å²) >= 11 is 0. The second-order valence-electron chi connectivity index (χ2n) is 5.79. The van der Waals surface area contributed by atoms with Gasteiger partial charge in [0, 0.05) is 25.2 Å². The lowest BCUT2D eigenvalue weighted by Crippen LogP contribution is -2.49. The van der Waals surface area contributed by atoms with Gasteiger partial charge in [-0.15, -0.1) is 0 Å². The Kier molecular flexibility index (Phi) is 3.18. The first kappa shape index (κ1) is 11.0. The average molecular weight is 224 g/mol. The van der Waals surface area contributed by atoms with Crippen molar-refractivity contribution in [2.45, 2.75) is 38.3 Å². The minimum Gasteiger partial charge on any atom is -0.379 e. The van der Waals surface area contributed by atoms with Crippen LogP contribution in [-0.4, -0.2) is 49.8 Å². The largest absolute Gasteiger partial charge is 0.379 e. The Labute approximate surface area is 98.5 Å². The van der Waals surface area contributed by atoms with Crippen molar-refractivity contribution in [3.05, 3.63) is 0 Å². The van der Waals surface area contributed by atoms with Crippen LogP contribution in [0.2, 0.25) is 0 Å². The first-order valence-electron chi connectivity index (χ1n) is 6.90. The first-order chi connectivity index (χ1) is 7.84. The molecule has 92 valence electrons. The van der Waals surface area contributed by atoms with Gasteiger partial charge in [-0.25, -0.2) is 0 Å². The number of nitrogens with zero attached hydrogens (tertiary/aromatic N) is 1. The Morgan fingerprint density at radius 3 is 3.19 bits per heavy atom. The highest BCUT2D eigenvalue weighted by atomic mass is 16.5. The second-order valence-corrected chi connectivity index (χ2v) is 5.79. The molecule has 16 heavy (non-hydrogen) atoms. The van der Waals surface area contributed by atoms with E-state index in [1.807, 2.05) is 0 Å². The van der Waals surface area contributed by atoms with E-state index in [1.54, 1.807) is 0 Å². The van der Waals surface area contributed by atoms with Gasteiger partial charge in [0.15, 0.2) is 0 Å². The van der Waals surface area contributed by atoms with Crippen molar-refractivity contribution in [1.29, 1.82) is 0 Å². The van der Waals surface area contributed by atoms with Gasteiger partial charge in [-0.1, -0.05) is 6.42 Å². The first-order valence-corrected chi connectivity index (χ1v) is 6.90. The molecular weight excluding hydrogens is 200 g/mol. The van der Waals surface area contributed by atoms with Crippen LogP contribution in [0.3, 0.4) is 0 Å². The predicted octanol–water partition coefficient (Wildman–Crippen LogP) is 1.10. The van der Waals surface area contributed by atoms with Crippen LogP contribution < -0.4 is 5.32 Å². The average Bonchev–Trinajstić information content (AvgIpc) is 2.86. The molecule has 3 aliphatic rings. The molecule has 4 unspecified atom stereocenters. The Bertz CT molecular complexity index is 246. The summed E-state index contributed by atoms with van der Waals surface area (Å²) in [6.07, 6.45) is 4.39. The van der Waals surface area contributed by atoms with Crippen LogP contribution in [0.25, 0.3) is 0 Å². The van der Waals surface area contributed by atoms with Crippen molar-refractivity contribution in [3.63, 3.8) is 0 Å². The van der Waals surface area contributed by atoms with Crippen LogP contribution in [-0.2, 0) is 4.74 Å². The van der Waals surface area contributed by atoms with Crippen molar-refractivity contribution in [3.8, 4) is 0 Å². The molecule has 0 bridgehead atoms. The minimum atomic E-state index is 0.607. The zero-order valence-electron chi connectivity index (χ0n) is 10.3. The molecule has 2 aliphatic heterocycles. The Morgan fingerprint density at radius 2 is 2.31 bits per heavy atom. The van der Waals surface area contributed by atoms with Crippen LogP contribution >= 0.6 is 0 Å². The molecule has 0 aromatic carbocycles. The molecule has 2 heterocycles. The molecule has 0 radical (unpaired) electrons. The highest BCUT2D eigenvalue weighted by Gasteiger charge is 2.39. The lowest BCUT2D eigenvalue weighted by Gasteiger charge is -2.36. The summed E-state index contributed by atoms with van der Waals surface area (Å²) in [5.41, 5.74) is 0. The standard InChI is InChI=1S/C13H24N2O/c1-10-9-16-6-5-15(10)8-13-12-4-2-3-11(12)7-14-13/h10-14H,2-9H2,1H3. The maximum Gasteiger partial charge on any atom is 0.0619 e. The van der Waals surface area contributed by atoms with Gasteiger partial charge in [0.25, 0.3) is 0 Å². The van der Waals surface area contributed by atoms with Crippen molar-refractivity contribution >= 4 is 0 Å². The smallest absolute Gasteiger partial charge is 0.0619 e. The van der Waals surface area contributed by atoms with Crippen LogP contribution in [0.5, 0.6) is 0 Å². The Balaban J connectivity index is 1.57. The van der Waals surface area contributed by atoms with Crippen molar-refractivity contribution in [2.75, 3.05) is 32.8 Å². The molecule has 1 aliphatic carbocycles. The van der Waals surface area contributed by atoms with Crippen molar-refractivity contribution < 1.29 is 4.74 Å². The number of hydrogen-bond acceptors (Lipinski definition) is 3. The molecule has 0 amide bonds. The van der Waals surface area contributed by atoms with Crippen LogP contribution in [0.15, 0.2) is 0 Å². The van der Waals surface area contributed by atoms with E-state index in [0.29, 0.717) is 6.04 Å². The van der Waals surface area contributed by atoms with Crippen LogP contribution in [0.4, 0.5) is 0 Å². The van der Waals surface area contributed by atoms with Crippen molar-refractivity contribution in [2.24, 2.45) is 11.8 Å². The van der Waals surface area contributed by atoms with E-state index in [2.05, 4.69) is 17.1 Å². The number of morpholine rings is 1. The van der Waals surface area contributed by atoms with E-state index in [1.165, 1.54) is 32.4 Å². The van der Waals surface area contributed by atoms with Gasteiger partial charge in [0.2, 0.25) is 0 Å². The van der Waals surface area contributed by atoms with Gasteiger partial charge >= 0.3 is 0 Å². The highest BCUT2D eigenvalue weighted by Crippen LogP contribution is 2.38. The van der Waals surface area contributed by atoms with Gasteiger partial charge in [-0.2, -0.15) is 0 Å². The zero-order valence-corrected chi connectivity index (χ0v) is 10.3. The number of rotatable bonds is 2. The summed E-state index contributed by atoms with van der Waals surface area (Å²) in [5.74, 6) is 1.95. The second kappa shape index (κ2) is 4.63. The molecule has 3 nitrogen and oxygen atoms in total. The fraction of sp³-hybridized carbons (Fsp3) is 1.00. The number of fused-ring (bicyclic) bond motifs is 1. The van der Waals surface area contributed by atoms with E-state index in [9.17, 15) is 0 Å². The monoisotopic (exact) mass is 224 g/mol. The van der Waals surface area contributed by atoms with E-state index < -0.39 is 0 Å². The number of ether oxygens (including phenoxy) is 1. The van der Waals surface area contributed by atoms with E-state index in [0.717, 1.165) is 37.6 Å².